The van der Waals surface area contributed by atoms with Crippen LogP contribution in [0.15, 0.2) is 18.2 Å². The molecule has 0 atom stereocenters. The summed E-state index contributed by atoms with van der Waals surface area (Å²) >= 11 is 0. The zero-order chi connectivity index (χ0) is 12.1. The molecule has 0 heterocycles. The maximum absolute atomic E-state index is 13.3. The molecule has 0 saturated heterocycles. The van der Waals surface area contributed by atoms with Crippen molar-refractivity contribution in [1.29, 1.82) is 0 Å². The smallest absolute Gasteiger partial charge is 0.337 e. The van der Waals surface area contributed by atoms with E-state index in [0.717, 1.165) is 6.07 Å². The van der Waals surface area contributed by atoms with Gasteiger partial charge in [-0.1, -0.05) is 12.2 Å². The van der Waals surface area contributed by atoms with Gasteiger partial charge in [-0.05, 0) is 18.6 Å². The molecule has 5 heteroatoms. The highest BCUT2D eigenvalue weighted by Crippen LogP contribution is 2.19. The van der Waals surface area contributed by atoms with Gasteiger partial charge in [-0.15, -0.1) is 0 Å². The quantitative estimate of drug-likeness (QED) is 0.678. The summed E-state index contributed by atoms with van der Waals surface area (Å²) in [6.07, 6.45) is 3.35. The van der Waals surface area contributed by atoms with Gasteiger partial charge in [0.2, 0.25) is 0 Å². The van der Waals surface area contributed by atoms with Crippen molar-refractivity contribution in [2.75, 3.05) is 12.3 Å². The number of hydrogen-bond acceptors (Lipinski definition) is 3. The van der Waals surface area contributed by atoms with E-state index in [1.165, 1.54) is 12.1 Å². The molecular formula is C11H12FNO3. The first-order valence-corrected chi connectivity index (χ1v) is 4.66. The monoisotopic (exact) mass is 225 g/mol. The topological polar surface area (TPSA) is 83.5 Å². The first-order chi connectivity index (χ1) is 7.56. The number of aliphatic hydroxyl groups excluding tert-OH is 1. The summed E-state index contributed by atoms with van der Waals surface area (Å²) in [6.45, 7) is -0.0428. The van der Waals surface area contributed by atoms with E-state index in [-0.39, 0.29) is 23.4 Å². The molecule has 16 heavy (non-hydrogen) atoms. The first-order valence-electron chi connectivity index (χ1n) is 4.66. The van der Waals surface area contributed by atoms with Crippen LogP contribution in [-0.2, 0) is 0 Å². The number of benzene rings is 1. The number of nitrogens with two attached hydrogens (primary N) is 1. The van der Waals surface area contributed by atoms with Gasteiger partial charge in [0, 0.05) is 17.9 Å². The molecule has 0 unspecified atom stereocenters. The minimum absolute atomic E-state index is 0.0428. The maximum atomic E-state index is 13.3. The van der Waals surface area contributed by atoms with Crippen LogP contribution in [0.5, 0.6) is 0 Å². The summed E-state index contributed by atoms with van der Waals surface area (Å²) in [5.41, 5.74) is 5.26. The average Bonchev–Trinajstić information content (AvgIpc) is 2.21. The molecule has 0 aliphatic heterocycles. The van der Waals surface area contributed by atoms with Crippen molar-refractivity contribution in [3.05, 3.63) is 35.2 Å². The molecule has 0 aliphatic rings. The van der Waals surface area contributed by atoms with E-state index >= 15 is 0 Å². The van der Waals surface area contributed by atoms with Crippen LogP contribution in [0.25, 0.3) is 6.08 Å². The highest BCUT2D eigenvalue weighted by molar-refractivity contribution is 5.94. The van der Waals surface area contributed by atoms with Crippen molar-refractivity contribution in [1.82, 2.24) is 0 Å². The fourth-order valence-electron chi connectivity index (χ4n) is 1.20. The lowest BCUT2D eigenvalue weighted by atomic mass is 10.1. The van der Waals surface area contributed by atoms with Gasteiger partial charge in [0.25, 0.3) is 0 Å². The van der Waals surface area contributed by atoms with Crippen molar-refractivity contribution in [2.24, 2.45) is 0 Å². The van der Waals surface area contributed by atoms with Gasteiger partial charge in [-0.2, -0.15) is 0 Å². The molecule has 0 fully saturated rings. The molecule has 1 aromatic rings. The predicted octanol–water partition coefficient (Wildman–Crippen LogP) is 1.50. The second-order valence-corrected chi connectivity index (χ2v) is 3.18. The Morgan fingerprint density at radius 2 is 2.19 bits per heavy atom. The summed E-state index contributed by atoms with van der Waals surface area (Å²) in [4.78, 5) is 10.7. The Morgan fingerprint density at radius 3 is 2.75 bits per heavy atom. The van der Waals surface area contributed by atoms with Gasteiger partial charge in [0.15, 0.2) is 0 Å². The molecular weight excluding hydrogens is 213 g/mol. The second kappa shape index (κ2) is 5.27. The normalized spacial score (nSPS) is 10.9. The van der Waals surface area contributed by atoms with Crippen LogP contribution in [0.4, 0.5) is 10.1 Å². The molecule has 0 aromatic heterocycles. The van der Waals surface area contributed by atoms with Crippen LogP contribution < -0.4 is 5.73 Å². The van der Waals surface area contributed by atoms with Gasteiger partial charge in [-0.25, -0.2) is 9.18 Å². The predicted molar refractivity (Wildman–Crippen MR) is 58.5 cm³/mol. The molecule has 0 amide bonds. The third kappa shape index (κ3) is 2.80. The molecule has 4 nitrogen and oxygen atoms in total. The fraction of sp³-hybridized carbons (Fsp3) is 0.182. The number of aliphatic hydroxyl groups is 1. The highest BCUT2D eigenvalue weighted by atomic mass is 19.1. The van der Waals surface area contributed by atoms with Gasteiger partial charge in [0.05, 0.1) is 5.56 Å². The van der Waals surface area contributed by atoms with Crippen molar-refractivity contribution in [2.45, 2.75) is 6.42 Å². The zero-order valence-electron chi connectivity index (χ0n) is 8.48. The van der Waals surface area contributed by atoms with Crippen molar-refractivity contribution >= 4 is 17.7 Å². The van der Waals surface area contributed by atoms with E-state index in [2.05, 4.69) is 0 Å². The Labute approximate surface area is 91.8 Å². The Kier molecular flexibility index (Phi) is 4.02. The Morgan fingerprint density at radius 1 is 1.50 bits per heavy atom. The average molecular weight is 225 g/mol. The maximum Gasteiger partial charge on any atom is 0.337 e. The summed E-state index contributed by atoms with van der Waals surface area (Å²) in [6, 6.07) is 2.14. The SMILES string of the molecule is Nc1cc(F)c(C=CCCO)cc1C(=O)O. The zero-order valence-corrected chi connectivity index (χ0v) is 8.48. The van der Waals surface area contributed by atoms with Gasteiger partial charge in [-0.3, -0.25) is 0 Å². The van der Waals surface area contributed by atoms with E-state index in [4.69, 9.17) is 15.9 Å². The third-order valence-electron chi connectivity index (χ3n) is 1.99. The highest BCUT2D eigenvalue weighted by Gasteiger charge is 2.11. The lowest BCUT2D eigenvalue weighted by Crippen LogP contribution is -2.04. The molecule has 0 saturated carbocycles. The van der Waals surface area contributed by atoms with E-state index in [1.807, 2.05) is 0 Å². The number of carbonyl (C=O) groups is 1. The van der Waals surface area contributed by atoms with Crippen LogP contribution in [0.1, 0.15) is 22.3 Å². The van der Waals surface area contributed by atoms with Crippen molar-refractivity contribution < 1.29 is 19.4 Å². The lowest BCUT2D eigenvalue weighted by molar-refractivity contribution is 0.0698. The molecule has 1 rings (SSSR count). The van der Waals surface area contributed by atoms with Crippen LogP contribution in [0.2, 0.25) is 0 Å². The van der Waals surface area contributed by atoms with E-state index < -0.39 is 11.8 Å². The number of carboxylic acids is 1. The summed E-state index contributed by atoms with van der Waals surface area (Å²) in [5.74, 6) is -1.79. The molecule has 0 radical (unpaired) electrons. The van der Waals surface area contributed by atoms with E-state index in [1.54, 1.807) is 6.08 Å². The molecule has 86 valence electrons. The lowest BCUT2D eigenvalue weighted by Gasteiger charge is -2.03. The van der Waals surface area contributed by atoms with Gasteiger partial charge >= 0.3 is 5.97 Å². The number of hydrogen-bond donors (Lipinski definition) is 3. The van der Waals surface area contributed by atoms with Gasteiger partial charge in [0.1, 0.15) is 5.82 Å². The number of rotatable bonds is 4. The number of aromatic carboxylic acids is 1. The molecule has 0 spiro atoms. The molecule has 0 aliphatic carbocycles. The number of nitrogen functional groups attached to an aromatic ring is 1. The second-order valence-electron chi connectivity index (χ2n) is 3.18. The standard InChI is InChI=1S/C11H12FNO3/c12-9-6-10(13)8(11(15)16)5-7(9)3-1-2-4-14/h1,3,5-6,14H,2,4,13H2,(H,15,16). The Hall–Kier alpha value is -1.88. The van der Waals surface area contributed by atoms with Crippen LogP contribution in [-0.4, -0.2) is 22.8 Å². The Bertz CT molecular complexity index is 429. The van der Waals surface area contributed by atoms with E-state index in [0.29, 0.717) is 6.42 Å². The number of carboxylic acid groups (broad SMARTS) is 1. The largest absolute Gasteiger partial charge is 0.478 e. The summed E-state index contributed by atoms with van der Waals surface area (Å²) in [5, 5.41) is 17.3. The minimum Gasteiger partial charge on any atom is -0.478 e. The van der Waals surface area contributed by atoms with Crippen LogP contribution >= 0.6 is 0 Å². The minimum atomic E-state index is -1.20. The third-order valence-corrected chi connectivity index (χ3v) is 1.99. The van der Waals surface area contributed by atoms with Crippen molar-refractivity contribution in [3.63, 3.8) is 0 Å². The summed E-state index contributed by atoms with van der Waals surface area (Å²) < 4.78 is 13.3. The molecule has 4 N–H and O–H groups in total. The number of anilines is 1. The fourth-order valence-corrected chi connectivity index (χ4v) is 1.20. The first kappa shape index (κ1) is 12.2. The number of halogens is 1. The Balaban J connectivity index is 3.09. The van der Waals surface area contributed by atoms with E-state index in [9.17, 15) is 9.18 Å². The van der Waals surface area contributed by atoms with Crippen molar-refractivity contribution in [3.8, 4) is 0 Å². The molecule has 0 bridgehead atoms. The van der Waals surface area contributed by atoms with Gasteiger partial charge < -0.3 is 15.9 Å². The molecule has 1 aromatic carbocycles. The van der Waals surface area contributed by atoms with Crippen LogP contribution in [0.3, 0.4) is 0 Å². The van der Waals surface area contributed by atoms with Crippen LogP contribution in [0, 0.1) is 5.82 Å². The summed E-state index contributed by atoms with van der Waals surface area (Å²) in [7, 11) is 0.